The number of rotatable bonds is 4. The minimum absolute atomic E-state index is 0.123. The lowest BCUT2D eigenvalue weighted by atomic mass is 9.89. The van der Waals surface area contributed by atoms with Gasteiger partial charge in [-0.05, 0) is 43.0 Å². The van der Waals surface area contributed by atoms with Crippen LogP contribution < -0.4 is 10.5 Å². The molecule has 1 aliphatic rings. The molecule has 0 amide bonds. The van der Waals surface area contributed by atoms with Crippen molar-refractivity contribution in [2.24, 2.45) is 11.7 Å². The van der Waals surface area contributed by atoms with Gasteiger partial charge in [-0.1, -0.05) is 19.9 Å². The predicted octanol–water partition coefficient (Wildman–Crippen LogP) is 2.69. The first-order valence-corrected chi connectivity index (χ1v) is 7.64. The summed E-state index contributed by atoms with van der Waals surface area (Å²) in [4.78, 5) is 2.46. The summed E-state index contributed by atoms with van der Waals surface area (Å²) >= 11 is 0. The van der Waals surface area contributed by atoms with Crippen LogP contribution in [0.25, 0.3) is 0 Å². The highest BCUT2D eigenvalue weighted by Crippen LogP contribution is 2.33. The zero-order chi connectivity index (χ0) is 15.4. The van der Waals surface area contributed by atoms with E-state index in [1.54, 1.807) is 7.11 Å². The molecule has 2 rings (SSSR count). The molecule has 0 saturated carbocycles. The number of hydrogen-bond acceptors (Lipinski definition) is 4. The largest absolute Gasteiger partial charge is 0.495 e. The van der Waals surface area contributed by atoms with Crippen molar-refractivity contribution in [2.45, 2.75) is 38.8 Å². The van der Waals surface area contributed by atoms with Crippen LogP contribution in [-0.2, 0) is 0 Å². The summed E-state index contributed by atoms with van der Waals surface area (Å²) in [6, 6.07) is 8.38. The second-order valence-electron chi connectivity index (χ2n) is 6.21. The van der Waals surface area contributed by atoms with Gasteiger partial charge in [0.1, 0.15) is 11.8 Å². The van der Waals surface area contributed by atoms with E-state index in [9.17, 15) is 5.26 Å². The maximum atomic E-state index is 9.27. The summed E-state index contributed by atoms with van der Waals surface area (Å²) < 4.78 is 5.23. The van der Waals surface area contributed by atoms with Gasteiger partial charge >= 0.3 is 0 Å². The second-order valence-corrected chi connectivity index (χ2v) is 6.21. The maximum Gasteiger partial charge on any atom is 0.136 e. The molecule has 0 aromatic heterocycles. The molecule has 1 aromatic carbocycles. The molecule has 2 atom stereocenters. The van der Waals surface area contributed by atoms with Gasteiger partial charge in [-0.3, -0.25) is 4.90 Å². The number of nitrogens with two attached hydrogens (primary N) is 1. The molecule has 1 fully saturated rings. The fraction of sp³-hybridized carbons (Fsp3) is 0.588. The van der Waals surface area contributed by atoms with Crippen molar-refractivity contribution in [3.05, 3.63) is 29.3 Å². The van der Waals surface area contributed by atoms with E-state index >= 15 is 0 Å². The van der Waals surface area contributed by atoms with E-state index < -0.39 is 0 Å². The quantitative estimate of drug-likeness (QED) is 0.925. The lowest BCUT2D eigenvalue weighted by Crippen LogP contribution is -2.47. The van der Waals surface area contributed by atoms with E-state index in [0.717, 1.165) is 31.5 Å². The molecule has 1 heterocycles. The van der Waals surface area contributed by atoms with Gasteiger partial charge in [0.05, 0.1) is 12.7 Å². The Morgan fingerprint density at radius 1 is 1.48 bits per heavy atom. The van der Waals surface area contributed by atoms with Crippen molar-refractivity contribution in [3.8, 4) is 11.8 Å². The Kier molecular flexibility index (Phi) is 5.22. The molecular weight excluding hydrogens is 262 g/mol. The first-order chi connectivity index (χ1) is 10.1. The highest BCUT2D eigenvalue weighted by Gasteiger charge is 2.31. The molecule has 1 aromatic rings. The second kappa shape index (κ2) is 6.93. The molecular formula is C17H25N3O. The molecule has 2 N–H and O–H groups in total. The van der Waals surface area contributed by atoms with Crippen molar-refractivity contribution in [1.29, 1.82) is 5.26 Å². The summed E-state index contributed by atoms with van der Waals surface area (Å²) in [6.45, 7) is 6.56. The average Bonchev–Trinajstić information content (AvgIpc) is 2.46. The number of nitriles is 1. The molecule has 21 heavy (non-hydrogen) atoms. The number of piperidine rings is 1. The Bertz CT molecular complexity index is 521. The van der Waals surface area contributed by atoms with Crippen molar-refractivity contribution in [3.63, 3.8) is 0 Å². The predicted molar refractivity (Wildman–Crippen MR) is 84.1 cm³/mol. The molecule has 114 valence electrons. The van der Waals surface area contributed by atoms with Gasteiger partial charge in [0.25, 0.3) is 0 Å². The highest BCUT2D eigenvalue weighted by atomic mass is 16.5. The third-order valence-electron chi connectivity index (χ3n) is 4.07. The van der Waals surface area contributed by atoms with E-state index in [0.29, 0.717) is 17.2 Å². The lowest BCUT2D eigenvalue weighted by Gasteiger charge is -2.41. The van der Waals surface area contributed by atoms with Crippen LogP contribution in [0.4, 0.5) is 0 Å². The number of methoxy groups -OCH3 is 1. The fourth-order valence-electron chi connectivity index (χ4n) is 3.23. The number of ether oxygens (including phenoxy) is 1. The number of likely N-dealkylation sites (tertiary alicyclic amines) is 1. The summed E-state index contributed by atoms with van der Waals surface area (Å²) in [5.41, 5.74) is 8.09. The summed E-state index contributed by atoms with van der Waals surface area (Å²) in [5, 5.41) is 9.27. The number of benzene rings is 1. The van der Waals surface area contributed by atoms with Gasteiger partial charge in [0, 0.05) is 18.6 Å². The summed E-state index contributed by atoms with van der Waals surface area (Å²) in [6.07, 6.45) is 2.18. The van der Waals surface area contributed by atoms with E-state index in [4.69, 9.17) is 10.5 Å². The smallest absolute Gasteiger partial charge is 0.136 e. The van der Waals surface area contributed by atoms with Crippen LogP contribution in [0.5, 0.6) is 5.75 Å². The van der Waals surface area contributed by atoms with Gasteiger partial charge < -0.3 is 10.5 Å². The standard InChI is InChI=1S/C17H25N3O/c1-12(2)11-20-8-4-5-15(19)17(20)13-6-7-16(21-3)14(9-13)10-18/h6-7,9,12,15,17H,4-5,8,11,19H2,1-3H3. The minimum Gasteiger partial charge on any atom is -0.495 e. The van der Waals surface area contributed by atoms with E-state index in [1.165, 1.54) is 0 Å². The van der Waals surface area contributed by atoms with Crippen LogP contribution >= 0.6 is 0 Å². The zero-order valence-electron chi connectivity index (χ0n) is 13.2. The van der Waals surface area contributed by atoms with E-state index in [-0.39, 0.29) is 12.1 Å². The maximum absolute atomic E-state index is 9.27. The molecule has 2 unspecified atom stereocenters. The summed E-state index contributed by atoms with van der Waals surface area (Å²) in [7, 11) is 1.59. The van der Waals surface area contributed by atoms with Gasteiger partial charge in [0.2, 0.25) is 0 Å². The average molecular weight is 287 g/mol. The Hall–Kier alpha value is -1.57. The highest BCUT2D eigenvalue weighted by molar-refractivity contribution is 5.46. The van der Waals surface area contributed by atoms with Crippen molar-refractivity contribution in [1.82, 2.24) is 4.90 Å². The molecule has 1 saturated heterocycles. The molecule has 4 heteroatoms. The lowest BCUT2D eigenvalue weighted by molar-refractivity contribution is 0.114. The SMILES string of the molecule is COc1ccc(C2C(N)CCCN2CC(C)C)cc1C#N. The van der Waals surface area contributed by atoms with Gasteiger partial charge in [-0.25, -0.2) is 0 Å². The Morgan fingerprint density at radius 3 is 2.86 bits per heavy atom. The van der Waals surface area contributed by atoms with Gasteiger partial charge in [-0.2, -0.15) is 5.26 Å². The van der Waals surface area contributed by atoms with Crippen LogP contribution in [-0.4, -0.2) is 31.1 Å². The van der Waals surface area contributed by atoms with Gasteiger partial charge in [0.15, 0.2) is 0 Å². The molecule has 4 nitrogen and oxygen atoms in total. The normalized spacial score (nSPS) is 23.0. The zero-order valence-corrected chi connectivity index (χ0v) is 13.2. The molecule has 0 radical (unpaired) electrons. The topological polar surface area (TPSA) is 62.3 Å². The fourth-order valence-corrected chi connectivity index (χ4v) is 3.23. The van der Waals surface area contributed by atoms with Crippen molar-refractivity contribution >= 4 is 0 Å². The van der Waals surface area contributed by atoms with Crippen LogP contribution in [0, 0.1) is 17.2 Å². The van der Waals surface area contributed by atoms with Gasteiger partial charge in [-0.15, -0.1) is 0 Å². The van der Waals surface area contributed by atoms with Crippen molar-refractivity contribution in [2.75, 3.05) is 20.2 Å². The minimum atomic E-state index is 0.123. The Balaban J connectivity index is 2.33. The number of hydrogen-bond donors (Lipinski definition) is 1. The molecule has 0 spiro atoms. The Morgan fingerprint density at radius 2 is 2.24 bits per heavy atom. The first-order valence-electron chi connectivity index (χ1n) is 7.64. The van der Waals surface area contributed by atoms with Crippen LogP contribution in [0.15, 0.2) is 18.2 Å². The van der Waals surface area contributed by atoms with E-state index in [2.05, 4.69) is 24.8 Å². The number of nitrogens with zero attached hydrogens (tertiary/aromatic N) is 2. The van der Waals surface area contributed by atoms with Crippen LogP contribution in [0.1, 0.15) is 43.9 Å². The summed E-state index contributed by atoms with van der Waals surface area (Å²) in [5.74, 6) is 1.23. The Labute approximate surface area is 127 Å². The molecule has 0 bridgehead atoms. The van der Waals surface area contributed by atoms with Crippen LogP contribution in [0.3, 0.4) is 0 Å². The third kappa shape index (κ3) is 3.55. The first kappa shape index (κ1) is 15.8. The molecule has 0 aliphatic carbocycles. The van der Waals surface area contributed by atoms with E-state index in [1.807, 2.05) is 18.2 Å². The van der Waals surface area contributed by atoms with Crippen LogP contribution in [0.2, 0.25) is 0 Å². The monoisotopic (exact) mass is 287 g/mol. The molecule has 1 aliphatic heterocycles. The third-order valence-corrected chi connectivity index (χ3v) is 4.07. The van der Waals surface area contributed by atoms with Crippen molar-refractivity contribution < 1.29 is 4.74 Å².